The molecule has 4 fully saturated rings. The summed E-state index contributed by atoms with van der Waals surface area (Å²) >= 11 is 0. The summed E-state index contributed by atoms with van der Waals surface area (Å²) in [6.45, 7) is 0. The fraction of sp³-hybridized carbons (Fsp3) is 0.579. The van der Waals surface area contributed by atoms with Gasteiger partial charge in [0.1, 0.15) is 0 Å². The molecule has 1 aromatic rings. The molecule has 9 heteroatoms. The quantitative estimate of drug-likeness (QED) is 0.464. The van der Waals surface area contributed by atoms with Crippen LogP contribution in [-0.4, -0.2) is 28.9 Å². The second-order valence-corrected chi connectivity index (χ2v) is 8.34. The predicted octanol–water partition coefficient (Wildman–Crippen LogP) is 3.29. The first-order chi connectivity index (χ1) is 13.2. The molecule has 152 valence electrons. The first kappa shape index (κ1) is 19.0. The number of halogens is 3. The van der Waals surface area contributed by atoms with Crippen molar-refractivity contribution >= 4 is 11.9 Å². The third kappa shape index (κ3) is 3.32. The minimum atomic E-state index is -4.69. The largest absolute Gasteiger partial charge is 0.412 e. The number of hydrogen-bond donors (Lipinski definition) is 4. The summed E-state index contributed by atoms with van der Waals surface area (Å²) in [5, 5.41) is 13.6. The van der Waals surface area contributed by atoms with E-state index in [1.165, 1.54) is 11.9 Å². The first-order valence-electron chi connectivity index (χ1n) is 9.40. The molecule has 0 radical (unpaired) electrons. The average Bonchev–Trinajstić information content (AvgIpc) is 3.01. The minimum absolute atomic E-state index is 0.00879. The minimum Gasteiger partial charge on any atom is -0.332 e. The molecule has 28 heavy (non-hydrogen) atoms. The summed E-state index contributed by atoms with van der Waals surface area (Å²) in [5.41, 5.74) is 0.876. The number of carbonyl (C=O) groups excluding carboxylic acids is 2. The smallest absolute Gasteiger partial charge is 0.332 e. The number of carbonyl (C=O) groups is 2. The topological polar surface area (TPSA) is 90.5 Å². The van der Waals surface area contributed by atoms with Crippen molar-refractivity contribution < 1.29 is 28.0 Å². The van der Waals surface area contributed by atoms with Crippen LogP contribution < -0.4 is 16.1 Å². The second kappa shape index (κ2) is 6.65. The highest BCUT2D eigenvalue weighted by Gasteiger charge is 2.58. The SMILES string of the molecule is O=C(N[C@H](c1ccc(C(=O)NO)cc1)C(F)(F)F)NC12CC3CC(CC1C3)C2. The Hall–Kier alpha value is -2.29. The van der Waals surface area contributed by atoms with Crippen LogP contribution >= 0.6 is 0 Å². The Morgan fingerprint density at radius 3 is 2.21 bits per heavy atom. The lowest BCUT2D eigenvalue weighted by molar-refractivity contribution is -0.155. The van der Waals surface area contributed by atoms with E-state index in [2.05, 4.69) is 10.6 Å². The molecule has 4 bridgehead atoms. The van der Waals surface area contributed by atoms with Crippen molar-refractivity contribution in [3.05, 3.63) is 35.4 Å². The van der Waals surface area contributed by atoms with Crippen LogP contribution in [0.5, 0.6) is 0 Å². The van der Waals surface area contributed by atoms with Crippen LogP contribution in [0.2, 0.25) is 0 Å². The van der Waals surface area contributed by atoms with Gasteiger partial charge < -0.3 is 10.6 Å². The fourth-order valence-corrected chi connectivity index (χ4v) is 5.64. The van der Waals surface area contributed by atoms with Crippen molar-refractivity contribution in [2.45, 2.75) is 49.9 Å². The maximum absolute atomic E-state index is 13.6. The number of rotatable bonds is 4. The van der Waals surface area contributed by atoms with Crippen LogP contribution in [0.4, 0.5) is 18.0 Å². The van der Waals surface area contributed by atoms with E-state index in [0.29, 0.717) is 17.8 Å². The fourth-order valence-electron chi connectivity index (χ4n) is 5.64. The number of amides is 3. The van der Waals surface area contributed by atoms with E-state index in [1.807, 2.05) is 0 Å². The molecular weight excluding hydrogens is 375 g/mol. The average molecular weight is 397 g/mol. The molecule has 0 aliphatic heterocycles. The van der Waals surface area contributed by atoms with Crippen molar-refractivity contribution in [2.75, 3.05) is 0 Å². The molecule has 6 nitrogen and oxygen atoms in total. The number of benzene rings is 1. The van der Waals surface area contributed by atoms with Crippen LogP contribution in [0, 0.1) is 17.8 Å². The first-order valence-corrected chi connectivity index (χ1v) is 9.40. The number of hydroxylamine groups is 1. The van der Waals surface area contributed by atoms with E-state index in [1.54, 1.807) is 0 Å². The second-order valence-electron chi connectivity index (χ2n) is 8.34. The van der Waals surface area contributed by atoms with Crippen LogP contribution in [0.1, 0.15) is 54.1 Å². The molecule has 4 aliphatic rings. The van der Waals surface area contributed by atoms with Crippen molar-refractivity contribution in [2.24, 2.45) is 17.8 Å². The van der Waals surface area contributed by atoms with Gasteiger partial charge in [0.2, 0.25) is 0 Å². The summed E-state index contributed by atoms with van der Waals surface area (Å²) in [6.07, 6.45) is 0.275. The Morgan fingerprint density at radius 2 is 1.68 bits per heavy atom. The van der Waals surface area contributed by atoms with Crippen molar-refractivity contribution in [3.63, 3.8) is 0 Å². The zero-order valence-corrected chi connectivity index (χ0v) is 15.1. The van der Waals surface area contributed by atoms with Gasteiger partial charge in [-0.2, -0.15) is 13.2 Å². The molecular formula is C19H22F3N3O3. The lowest BCUT2D eigenvalue weighted by Crippen LogP contribution is -2.54. The number of nitrogens with one attached hydrogen (secondary N) is 3. The van der Waals surface area contributed by atoms with E-state index < -0.39 is 24.2 Å². The molecule has 0 aromatic heterocycles. The Bertz CT molecular complexity index is 767. The lowest BCUT2D eigenvalue weighted by Gasteiger charge is -2.34. The van der Waals surface area contributed by atoms with Gasteiger partial charge in [0.25, 0.3) is 5.91 Å². The van der Waals surface area contributed by atoms with Crippen molar-refractivity contribution in [1.29, 1.82) is 0 Å². The third-order valence-electron chi connectivity index (χ3n) is 6.56. The molecule has 2 unspecified atom stereocenters. The molecule has 5 rings (SSSR count). The van der Waals surface area contributed by atoms with Crippen LogP contribution in [0.3, 0.4) is 0 Å². The highest BCUT2D eigenvalue weighted by molar-refractivity contribution is 5.93. The van der Waals surface area contributed by atoms with Crippen LogP contribution in [-0.2, 0) is 0 Å². The van der Waals surface area contributed by atoms with Crippen molar-refractivity contribution in [3.8, 4) is 0 Å². The highest BCUT2D eigenvalue weighted by atomic mass is 19.4. The molecule has 3 atom stereocenters. The number of hydrogen-bond acceptors (Lipinski definition) is 3. The molecule has 1 aromatic carbocycles. The third-order valence-corrected chi connectivity index (χ3v) is 6.56. The number of alkyl halides is 3. The van der Waals surface area contributed by atoms with Gasteiger partial charge in [0.15, 0.2) is 6.04 Å². The molecule has 0 heterocycles. The molecule has 4 saturated carbocycles. The van der Waals surface area contributed by atoms with Gasteiger partial charge in [0, 0.05) is 11.1 Å². The lowest BCUT2D eigenvalue weighted by atomic mass is 9.80. The van der Waals surface area contributed by atoms with Gasteiger partial charge in [-0.1, -0.05) is 12.1 Å². The van der Waals surface area contributed by atoms with Crippen LogP contribution in [0.25, 0.3) is 0 Å². The Labute approximate surface area is 159 Å². The Balaban J connectivity index is 1.48. The van der Waals surface area contributed by atoms with E-state index >= 15 is 0 Å². The Morgan fingerprint density at radius 1 is 1.07 bits per heavy atom. The van der Waals surface area contributed by atoms with Crippen molar-refractivity contribution in [1.82, 2.24) is 16.1 Å². The Kier molecular flexibility index (Phi) is 4.52. The van der Waals surface area contributed by atoms with E-state index in [-0.39, 0.29) is 16.7 Å². The van der Waals surface area contributed by atoms with Gasteiger partial charge in [-0.15, -0.1) is 0 Å². The van der Waals surface area contributed by atoms with Crippen LogP contribution in [0.15, 0.2) is 24.3 Å². The van der Waals surface area contributed by atoms with Gasteiger partial charge in [-0.05, 0) is 67.6 Å². The van der Waals surface area contributed by atoms with E-state index in [4.69, 9.17) is 5.21 Å². The van der Waals surface area contributed by atoms with Gasteiger partial charge in [-0.3, -0.25) is 10.0 Å². The maximum Gasteiger partial charge on any atom is 0.412 e. The monoisotopic (exact) mass is 397 g/mol. The summed E-state index contributed by atoms with van der Waals surface area (Å²) in [6, 6.07) is 1.55. The zero-order chi connectivity index (χ0) is 20.1. The molecule has 0 saturated heterocycles. The summed E-state index contributed by atoms with van der Waals surface area (Å²) < 4.78 is 40.7. The molecule has 3 amide bonds. The van der Waals surface area contributed by atoms with Gasteiger partial charge >= 0.3 is 12.2 Å². The maximum atomic E-state index is 13.6. The van der Waals surface area contributed by atoms with E-state index in [9.17, 15) is 22.8 Å². The summed E-state index contributed by atoms with van der Waals surface area (Å²) in [5.74, 6) is 0.678. The molecule has 4 aliphatic carbocycles. The summed E-state index contributed by atoms with van der Waals surface area (Å²) in [4.78, 5) is 23.8. The van der Waals surface area contributed by atoms with Gasteiger partial charge in [0.05, 0.1) is 0 Å². The summed E-state index contributed by atoms with van der Waals surface area (Å²) in [7, 11) is 0. The molecule has 0 spiro atoms. The van der Waals surface area contributed by atoms with Gasteiger partial charge in [-0.25, -0.2) is 10.3 Å². The molecule has 4 N–H and O–H groups in total. The standard InChI is InChI=1S/C19H22F3N3O3/c20-19(21,22)15(12-1-3-13(4-2-12)16(26)25-28)23-17(27)24-18-8-10-5-11(9-18)7-14(18)6-10/h1-4,10-11,14-15,28H,5-9H2,(H,25,26)(H2,23,24,27)/t10?,11?,14?,15-,18?/m1/s1. The normalized spacial score (nSPS) is 31.5. The number of urea groups is 1. The zero-order valence-electron chi connectivity index (χ0n) is 15.1. The highest BCUT2D eigenvalue weighted by Crippen LogP contribution is 2.60. The van der Waals surface area contributed by atoms with E-state index in [0.717, 1.165) is 49.9 Å². The predicted molar refractivity (Wildman–Crippen MR) is 92.4 cm³/mol.